The number of hydrogen-bond acceptors (Lipinski definition) is 3. The first-order valence-corrected chi connectivity index (χ1v) is 5.56. The van der Waals surface area contributed by atoms with Crippen molar-refractivity contribution in [3.63, 3.8) is 0 Å². The van der Waals surface area contributed by atoms with Gasteiger partial charge in [-0.3, -0.25) is 0 Å². The van der Waals surface area contributed by atoms with Crippen LogP contribution in [0.4, 0.5) is 0 Å². The molecule has 0 aromatic carbocycles. The van der Waals surface area contributed by atoms with Crippen LogP contribution in [0.15, 0.2) is 0 Å². The normalized spacial score (nSPS) is 40.9. The third kappa shape index (κ3) is 1.47. The Labute approximate surface area is 86.2 Å². The van der Waals surface area contributed by atoms with E-state index < -0.39 is 0 Å². The van der Waals surface area contributed by atoms with Crippen molar-refractivity contribution in [3.05, 3.63) is 0 Å². The largest absolute Gasteiger partial charge is 0.372 e. The number of nitrogens with one attached hydrogen (secondary N) is 1. The lowest BCUT2D eigenvalue weighted by molar-refractivity contribution is -0.128. The third-order valence-corrected chi connectivity index (χ3v) is 3.76. The average molecular weight is 199 g/mol. The second-order valence-electron chi connectivity index (χ2n) is 4.94. The Balaban J connectivity index is 2.05. The van der Waals surface area contributed by atoms with Crippen molar-refractivity contribution in [3.8, 4) is 0 Å². The molecule has 2 aliphatic heterocycles. The van der Waals surface area contributed by atoms with Gasteiger partial charge in [0.2, 0.25) is 0 Å². The van der Waals surface area contributed by atoms with Crippen molar-refractivity contribution >= 4 is 0 Å². The second kappa shape index (κ2) is 3.47. The van der Waals surface area contributed by atoms with Crippen LogP contribution in [0.1, 0.15) is 33.1 Å². The molecule has 2 aliphatic rings. The van der Waals surface area contributed by atoms with Gasteiger partial charge < -0.3 is 14.8 Å². The van der Waals surface area contributed by atoms with Crippen molar-refractivity contribution in [2.24, 2.45) is 0 Å². The van der Waals surface area contributed by atoms with Crippen molar-refractivity contribution in [1.29, 1.82) is 0 Å². The zero-order valence-corrected chi connectivity index (χ0v) is 9.43. The fourth-order valence-electron chi connectivity index (χ4n) is 2.73. The summed E-state index contributed by atoms with van der Waals surface area (Å²) in [6, 6.07) is 0. The molecule has 0 aromatic rings. The molecule has 0 saturated carbocycles. The molecule has 2 saturated heterocycles. The van der Waals surface area contributed by atoms with Gasteiger partial charge in [0.25, 0.3) is 0 Å². The molecule has 0 radical (unpaired) electrons. The molecule has 2 rings (SSSR count). The van der Waals surface area contributed by atoms with Crippen molar-refractivity contribution in [2.45, 2.75) is 50.4 Å². The first-order chi connectivity index (χ1) is 6.60. The van der Waals surface area contributed by atoms with E-state index in [1.54, 1.807) is 0 Å². The molecule has 2 atom stereocenters. The van der Waals surface area contributed by atoms with Crippen LogP contribution in [0, 0.1) is 0 Å². The Morgan fingerprint density at radius 1 is 1.36 bits per heavy atom. The summed E-state index contributed by atoms with van der Waals surface area (Å²) in [7, 11) is 1.98. The van der Waals surface area contributed by atoms with Crippen LogP contribution >= 0.6 is 0 Å². The Morgan fingerprint density at radius 2 is 2.14 bits per heavy atom. The quantitative estimate of drug-likeness (QED) is 0.727. The highest BCUT2D eigenvalue weighted by molar-refractivity contribution is 5.05. The molecule has 1 spiro atoms. The van der Waals surface area contributed by atoms with E-state index in [0.29, 0.717) is 6.10 Å². The van der Waals surface area contributed by atoms with Crippen LogP contribution in [0.25, 0.3) is 0 Å². The first-order valence-electron chi connectivity index (χ1n) is 5.56. The molecule has 82 valence electrons. The van der Waals surface area contributed by atoms with Crippen LogP contribution in [-0.2, 0) is 9.47 Å². The van der Waals surface area contributed by atoms with Crippen molar-refractivity contribution < 1.29 is 9.47 Å². The summed E-state index contributed by atoms with van der Waals surface area (Å²) in [6.07, 6.45) is 3.74. The van der Waals surface area contributed by atoms with E-state index in [1.165, 1.54) is 0 Å². The summed E-state index contributed by atoms with van der Waals surface area (Å²) >= 11 is 0. The molecule has 2 fully saturated rings. The molecule has 0 aromatic heterocycles. The lowest BCUT2D eigenvalue weighted by Crippen LogP contribution is -2.46. The minimum Gasteiger partial charge on any atom is -0.372 e. The third-order valence-electron chi connectivity index (χ3n) is 3.76. The topological polar surface area (TPSA) is 30.5 Å². The first kappa shape index (κ1) is 10.4. The molecule has 3 heteroatoms. The fourth-order valence-corrected chi connectivity index (χ4v) is 2.73. The fraction of sp³-hybridized carbons (Fsp3) is 1.00. The monoisotopic (exact) mass is 199 g/mol. The van der Waals surface area contributed by atoms with Gasteiger partial charge in [-0.15, -0.1) is 0 Å². The zero-order chi connectivity index (χ0) is 10.2. The minimum absolute atomic E-state index is 0.00544. The van der Waals surface area contributed by atoms with E-state index in [0.717, 1.165) is 32.4 Å². The highest BCUT2D eigenvalue weighted by Gasteiger charge is 2.55. The molecule has 14 heavy (non-hydrogen) atoms. The van der Waals surface area contributed by atoms with E-state index in [2.05, 4.69) is 19.2 Å². The predicted octanol–water partition coefficient (Wildman–Crippen LogP) is 1.32. The lowest BCUT2D eigenvalue weighted by Gasteiger charge is -2.36. The maximum atomic E-state index is 6.18. The predicted molar refractivity (Wildman–Crippen MR) is 55.4 cm³/mol. The maximum absolute atomic E-state index is 6.18. The molecular formula is C11H21NO2. The summed E-state index contributed by atoms with van der Waals surface area (Å²) in [5.74, 6) is 0. The van der Waals surface area contributed by atoms with Crippen molar-refractivity contribution in [2.75, 3.05) is 20.2 Å². The van der Waals surface area contributed by atoms with E-state index in [4.69, 9.17) is 9.47 Å². The van der Waals surface area contributed by atoms with E-state index in [1.807, 2.05) is 7.05 Å². The van der Waals surface area contributed by atoms with Crippen LogP contribution < -0.4 is 5.32 Å². The minimum atomic E-state index is -0.102. The van der Waals surface area contributed by atoms with Gasteiger partial charge in [0.1, 0.15) is 0 Å². The second-order valence-corrected chi connectivity index (χ2v) is 4.94. The van der Waals surface area contributed by atoms with Gasteiger partial charge in [-0.1, -0.05) is 0 Å². The highest BCUT2D eigenvalue weighted by atomic mass is 16.6. The molecule has 0 amide bonds. The molecule has 0 aliphatic carbocycles. The highest BCUT2D eigenvalue weighted by Crippen LogP contribution is 2.47. The van der Waals surface area contributed by atoms with Gasteiger partial charge in [0.05, 0.1) is 23.9 Å². The van der Waals surface area contributed by atoms with Crippen LogP contribution in [0.2, 0.25) is 0 Å². The smallest absolute Gasteiger partial charge is 0.0992 e. The van der Waals surface area contributed by atoms with Gasteiger partial charge in [-0.05, 0) is 33.7 Å². The molecule has 1 N–H and O–H groups in total. The van der Waals surface area contributed by atoms with Crippen molar-refractivity contribution in [1.82, 2.24) is 5.32 Å². The zero-order valence-electron chi connectivity index (χ0n) is 9.43. The lowest BCUT2D eigenvalue weighted by atomic mass is 9.83. The van der Waals surface area contributed by atoms with E-state index in [9.17, 15) is 0 Å². The van der Waals surface area contributed by atoms with Gasteiger partial charge in [0, 0.05) is 13.0 Å². The average Bonchev–Trinajstić information content (AvgIpc) is 2.61. The number of likely N-dealkylation sites (N-methyl/N-ethyl adjacent to an activating group) is 1. The van der Waals surface area contributed by atoms with Gasteiger partial charge >= 0.3 is 0 Å². The van der Waals surface area contributed by atoms with E-state index in [-0.39, 0.29) is 11.2 Å². The standard InChI is InChI=1S/C11H21NO2/c1-10(2)11(6-7-13-10)5-4-9(14-11)8-12-3/h9,12H,4-8H2,1-3H3. The van der Waals surface area contributed by atoms with Gasteiger partial charge in [-0.2, -0.15) is 0 Å². The van der Waals surface area contributed by atoms with Gasteiger partial charge in [0.15, 0.2) is 0 Å². The number of rotatable bonds is 2. The Kier molecular flexibility index (Phi) is 2.58. The summed E-state index contributed by atoms with van der Waals surface area (Å²) in [5, 5.41) is 3.18. The summed E-state index contributed by atoms with van der Waals surface area (Å²) in [4.78, 5) is 0. The van der Waals surface area contributed by atoms with Crippen LogP contribution in [-0.4, -0.2) is 37.5 Å². The summed E-state index contributed by atoms with van der Waals surface area (Å²) < 4.78 is 11.9. The van der Waals surface area contributed by atoms with Crippen LogP contribution in [0.5, 0.6) is 0 Å². The number of hydrogen-bond donors (Lipinski definition) is 1. The number of ether oxygens (including phenoxy) is 2. The Hall–Kier alpha value is -0.120. The molecule has 2 unspecified atom stereocenters. The SMILES string of the molecule is CNCC1CCC2(CCOC2(C)C)O1. The Morgan fingerprint density at radius 3 is 2.71 bits per heavy atom. The van der Waals surface area contributed by atoms with Gasteiger partial charge in [-0.25, -0.2) is 0 Å². The van der Waals surface area contributed by atoms with E-state index >= 15 is 0 Å². The molecule has 0 bridgehead atoms. The summed E-state index contributed by atoms with van der Waals surface area (Å²) in [6.45, 7) is 6.11. The molecular weight excluding hydrogens is 178 g/mol. The van der Waals surface area contributed by atoms with Crippen LogP contribution in [0.3, 0.4) is 0 Å². The Bertz CT molecular complexity index is 217. The maximum Gasteiger partial charge on any atom is 0.0992 e. The molecule has 2 heterocycles. The summed E-state index contributed by atoms with van der Waals surface area (Å²) in [5.41, 5.74) is -0.107. The molecule has 3 nitrogen and oxygen atoms in total.